The monoisotopic (exact) mass is 201 g/mol. The maximum absolute atomic E-state index is 11.3. The number of rotatable bonds is 4. The van der Waals surface area contributed by atoms with E-state index in [1.807, 2.05) is 26.2 Å². The van der Waals surface area contributed by atoms with Crippen molar-refractivity contribution in [3.8, 4) is 0 Å². The van der Waals surface area contributed by atoms with Crippen LogP contribution < -0.4 is 16.6 Å². The normalized spacial score (nSPS) is 10.9. The van der Waals surface area contributed by atoms with Crippen LogP contribution in [0.25, 0.3) is 0 Å². The lowest BCUT2D eigenvalue weighted by molar-refractivity contribution is -0.128. The lowest BCUT2D eigenvalue weighted by Crippen LogP contribution is -2.36. The summed E-state index contributed by atoms with van der Waals surface area (Å²) in [7, 11) is 0. The average Bonchev–Trinajstić information content (AvgIpc) is 2.09. The molecule has 0 heterocycles. The molecule has 0 aromatic carbocycles. The Hall–Kier alpha value is -1.10. The first-order valence-corrected chi connectivity index (χ1v) is 4.65. The fourth-order valence-electron chi connectivity index (χ4n) is 0.788. The predicted molar refractivity (Wildman–Crippen MR) is 54.0 cm³/mol. The van der Waals surface area contributed by atoms with Crippen LogP contribution in [0.15, 0.2) is 0 Å². The summed E-state index contributed by atoms with van der Waals surface area (Å²) in [5.41, 5.74) is 1.65. The third kappa shape index (κ3) is 5.53. The number of nitrogens with two attached hydrogens (primary N) is 1. The number of hydrazine groups is 1. The zero-order chi connectivity index (χ0) is 11.2. The molecule has 0 bridgehead atoms. The first-order chi connectivity index (χ1) is 6.38. The van der Waals surface area contributed by atoms with Crippen LogP contribution >= 0.6 is 0 Å². The van der Waals surface area contributed by atoms with Crippen LogP contribution in [0.2, 0.25) is 0 Å². The van der Waals surface area contributed by atoms with Gasteiger partial charge in [-0.1, -0.05) is 20.8 Å². The molecule has 4 N–H and O–H groups in total. The fourth-order valence-corrected chi connectivity index (χ4v) is 0.788. The van der Waals surface area contributed by atoms with E-state index < -0.39 is 0 Å². The van der Waals surface area contributed by atoms with E-state index in [0.29, 0.717) is 19.4 Å². The topological polar surface area (TPSA) is 84.2 Å². The molecular formula is C9H19N3O2. The molecule has 0 fully saturated rings. The Kier molecular flexibility index (Phi) is 5.15. The van der Waals surface area contributed by atoms with Crippen LogP contribution in [-0.4, -0.2) is 18.4 Å². The molecule has 2 amide bonds. The Labute approximate surface area is 84.4 Å². The molecule has 5 nitrogen and oxygen atoms in total. The molecule has 0 saturated carbocycles. The van der Waals surface area contributed by atoms with E-state index in [1.165, 1.54) is 0 Å². The summed E-state index contributed by atoms with van der Waals surface area (Å²) in [5.74, 6) is 4.67. The standard InChI is InChI=1S/C9H19N3O2/c1-9(2,3)8(14)11-6-4-5-7(13)12-10/h4-6,10H2,1-3H3,(H,11,14)(H,12,13). The van der Waals surface area contributed by atoms with Gasteiger partial charge >= 0.3 is 0 Å². The van der Waals surface area contributed by atoms with Crippen molar-refractivity contribution < 1.29 is 9.59 Å². The van der Waals surface area contributed by atoms with Gasteiger partial charge in [-0.2, -0.15) is 0 Å². The molecule has 0 radical (unpaired) electrons. The summed E-state index contributed by atoms with van der Waals surface area (Å²) >= 11 is 0. The maximum Gasteiger partial charge on any atom is 0.233 e. The quantitative estimate of drug-likeness (QED) is 0.257. The van der Waals surface area contributed by atoms with Gasteiger partial charge in [0.15, 0.2) is 0 Å². The summed E-state index contributed by atoms with van der Waals surface area (Å²) < 4.78 is 0. The maximum atomic E-state index is 11.3. The summed E-state index contributed by atoms with van der Waals surface area (Å²) in [5, 5.41) is 2.74. The molecule has 5 heteroatoms. The van der Waals surface area contributed by atoms with Gasteiger partial charge in [-0.3, -0.25) is 15.0 Å². The molecule has 14 heavy (non-hydrogen) atoms. The molecular weight excluding hydrogens is 182 g/mol. The molecule has 0 aliphatic carbocycles. The van der Waals surface area contributed by atoms with Gasteiger partial charge in [0.05, 0.1) is 0 Å². The smallest absolute Gasteiger partial charge is 0.233 e. The Morgan fingerprint density at radius 2 is 1.86 bits per heavy atom. The van der Waals surface area contributed by atoms with E-state index in [9.17, 15) is 9.59 Å². The van der Waals surface area contributed by atoms with Gasteiger partial charge in [-0.25, -0.2) is 5.84 Å². The summed E-state index contributed by atoms with van der Waals surface area (Å²) in [6.45, 7) is 6.03. The second-order valence-corrected chi connectivity index (χ2v) is 4.18. The van der Waals surface area contributed by atoms with Gasteiger partial charge in [0.2, 0.25) is 11.8 Å². The minimum atomic E-state index is -0.379. The van der Waals surface area contributed by atoms with Crippen molar-refractivity contribution in [3.05, 3.63) is 0 Å². The van der Waals surface area contributed by atoms with E-state index >= 15 is 0 Å². The molecule has 0 aromatic rings. The van der Waals surface area contributed by atoms with E-state index in [2.05, 4.69) is 5.32 Å². The average molecular weight is 201 g/mol. The summed E-state index contributed by atoms with van der Waals surface area (Å²) in [6.07, 6.45) is 0.936. The summed E-state index contributed by atoms with van der Waals surface area (Å²) in [6, 6.07) is 0. The number of hydrogen-bond acceptors (Lipinski definition) is 3. The molecule has 0 aliphatic heterocycles. The minimum absolute atomic E-state index is 0.00865. The van der Waals surface area contributed by atoms with Crippen molar-refractivity contribution >= 4 is 11.8 Å². The lowest BCUT2D eigenvalue weighted by Gasteiger charge is -2.17. The van der Waals surface area contributed by atoms with Crippen LogP contribution in [-0.2, 0) is 9.59 Å². The van der Waals surface area contributed by atoms with Crippen LogP contribution in [0.4, 0.5) is 0 Å². The van der Waals surface area contributed by atoms with Gasteiger partial charge in [0.25, 0.3) is 0 Å². The third-order valence-corrected chi connectivity index (χ3v) is 1.71. The number of carbonyl (C=O) groups excluding carboxylic acids is 2. The van der Waals surface area contributed by atoms with Crippen LogP contribution in [0.5, 0.6) is 0 Å². The van der Waals surface area contributed by atoms with Gasteiger partial charge in [0.1, 0.15) is 0 Å². The minimum Gasteiger partial charge on any atom is -0.356 e. The van der Waals surface area contributed by atoms with Crippen molar-refractivity contribution in [2.24, 2.45) is 11.3 Å². The molecule has 0 rings (SSSR count). The highest BCUT2D eigenvalue weighted by Crippen LogP contribution is 2.12. The van der Waals surface area contributed by atoms with Gasteiger partial charge in [-0.15, -0.1) is 0 Å². The first-order valence-electron chi connectivity index (χ1n) is 4.65. The second-order valence-electron chi connectivity index (χ2n) is 4.18. The SMILES string of the molecule is CC(C)(C)C(=O)NCCCC(=O)NN. The van der Waals surface area contributed by atoms with Crippen LogP contribution in [0, 0.1) is 5.41 Å². The summed E-state index contributed by atoms with van der Waals surface area (Å²) in [4.78, 5) is 22.0. The van der Waals surface area contributed by atoms with Gasteiger partial charge < -0.3 is 5.32 Å². The Morgan fingerprint density at radius 1 is 1.29 bits per heavy atom. The third-order valence-electron chi connectivity index (χ3n) is 1.71. The molecule has 0 aliphatic rings. The number of carbonyl (C=O) groups is 2. The van der Waals surface area contributed by atoms with Gasteiger partial charge in [-0.05, 0) is 6.42 Å². The zero-order valence-corrected chi connectivity index (χ0v) is 9.02. The number of hydrogen-bond donors (Lipinski definition) is 3. The fraction of sp³-hybridized carbons (Fsp3) is 0.778. The van der Waals surface area contributed by atoms with Crippen molar-refractivity contribution in [1.29, 1.82) is 0 Å². The van der Waals surface area contributed by atoms with Crippen molar-refractivity contribution in [3.63, 3.8) is 0 Å². The van der Waals surface area contributed by atoms with Crippen LogP contribution in [0.3, 0.4) is 0 Å². The highest BCUT2D eigenvalue weighted by Gasteiger charge is 2.20. The predicted octanol–water partition coefficient (Wildman–Crippen LogP) is -0.0812. The van der Waals surface area contributed by atoms with Crippen molar-refractivity contribution in [1.82, 2.24) is 10.7 Å². The Morgan fingerprint density at radius 3 is 2.29 bits per heavy atom. The second kappa shape index (κ2) is 5.59. The first kappa shape index (κ1) is 12.9. The molecule has 0 spiro atoms. The molecule has 82 valence electrons. The van der Waals surface area contributed by atoms with E-state index in [4.69, 9.17) is 5.84 Å². The van der Waals surface area contributed by atoms with E-state index in [0.717, 1.165) is 0 Å². The molecule has 0 unspecified atom stereocenters. The van der Waals surface area contributed by atoms with Crippen molar-refractivity contribution in [2.45, 2.75) is 33.6 Å². The van der Waals surface area contributed by atoms with E-state index in [-0.39, 0.29) is 17.2 Å². The number of nitrogens with one attached hydrogen (secondary N) is 2. The molecule has 0 atom stereocenters. The molecule has 0 saturated heterocycles. The van der Waals surface area contributed by atoms with Crippen LogP contribution in [0.1, 0.15) is 33.6 Å². The lowest BCUT2D eigenvalue weighted by atomic mass is 9.96. The molecule has 0 aromatic heterocycles. The highest BCUT2D eigenvalue weighted by atomic mass is 16.2. The van der Waals surface area contributed by atoms with E-state index in [1.54, 1.807) is 0 Å². The highest BCUT2D eigenvalue weighted by molar-refractivity contribution is 5.81. The van der Waals surface area contributed by atoms with Gasteiger partial charge in [0, 0.05) is 18.4 Å². The Balaban J connectivity index is 3.56. The zero-order valence-electron chi connectivity index (χ0n) is 9.02. The largest absolute Gasteiger partial charge is 0.356 e. The number of amides is 2. The Bertz CT molecular complexity index is 209. The van der Waals surface area contributed by atoms with Crippen molar-refractivity contribution in [2.75, 3.05) is 6.54 Å².